The van der Waals surface area contributed by atoms with Crippen LogP contribution in [-0.4, -0.2) is 37.2 Å². The van der Waals surface area contributed by atoms with Crippen molar-refractivity contribution in [1.82, 2.24) is 0 Å². The first kappa shape index (κ1) is 67.4. The van der Waals surface area contributed by atoms with Crippen molar-refractivity contribution in [1.29, 1.82) is 0 Å². The number of rotatable bonds is 56. The number of hydrogen-bond donors (Lipinski definition) is 0. The molecule has 70 heavy (non-hydrogen) atoms. The number of hydrogen-bond acceptors (Lipinski definition) is 6. The van der Waals surface area contributed by atoms with Crippen molar-refractivity contribution in [3.05, 3.63) is 48.6 Å². The van der Waals surface area contributed by atoms with E-state index in [-0.39, 0.29) is 31.1 Å². The first-order chi connectivity index (χ1) is 34.5. The summed E-state index contributed by atoms with van der Waals surface area (Å²) in [5, 5.41) is 0. The molecule has 0 aromatic rings. The van der Waals surface area contributed by atoms with Crippen molar-refractivity contribution >= 4 is 17.9 Å². The number of carbonyl (C=O) groups is 3. The molecule has 0 saturated carbocycles. The highest BCUT2D eigenvalue weighted by Gasteiger charge is 2.19. The Balaban J connectivity index is 3.84. The highest BCUT2D eigenvalue weighted by atomic mass is 16.6. The van der Waals surface area contributed by atoms with Crippen LogP contribution in [0.3, 0.4) is 0 Å². The van der Waals surface area contributed by atoms with Crippen molar-refractivity contribution in [2.45, 2.75) is 329 Å². The van der Waals surface area contributed by atoms with Crippen LogP contribution in [0.5, 0.6) is 0 Å². The lowest BCUT2D eigenvalue weighted by molar-refractivity contribution is -0.167. The molecule has 0 spiro atoms. The van der Waals surface area contributed by atoms with E-state index in [9.17, 15) is 14.4 Å². The van der Waals surface area contributed by atoms with E-state index < -0.39 is 6.10 Å². The van der Waals surface area contributed by atoms with Gasteiger partial charge >= 0.3 is 17.9 Å². The molecule has 0 aliphatic rings. The van der Waals surface area contributed by atoms with Gasteiger partial charge in [0.2, 0.25) is 0 Å². The van der Waals surface area contributed by atoms with Crippen molar-refractivity contribution in [2.75, 3.05) is 13.2 Å². The van der Waals surface area contributed by atoms with Crippen LogP contribution in [0.1, 0.15) is 323 Å². The van der Waals surface area contributed by atoms with Gasteiger partial charge in [0.05, 0.1) is 0 Å². The van der Waals surface area contributed by atoms with Gasteiger partial charge in [-0.15, -0.1) is 0 Å². The van der Waals surface area contributed by atoms with Gasteiger partial charge in [0.25, 0.3) is 0 Å². The maximum Gasteiger partial charge on any atom is 0.306 e. The summed E-state index contributed by atoms with van der Waals surface area (Å²) in [6.07, 6.45) is 73.2. The predicted molar refractivity (Wildman–Crippen MR) is 302 cm³/mol. The number of esters is 3. The fourth-order valence-electron chi connectivity index (χ4n) is 9.02. The van der Waals surface area contributed by atoms with Crippen molar-refractivity contribution < 1.29 is 28.6 Å². The van der Waals surface area contributed by atoms with Crippen LogP contribution in [-0.2, 0) is 28.6 Å². The molecule has 0 fully saturated rings. The lowest BCUT2D eigenvalue weighted by Crippen LogP contribution is -2.30. The van der Waals surface area contributed by atoms with Gasteiger partial charge in [0.15, 0.2) is 6.10 Å². The predicted octanol–water partition coefficient (Wildman–Crippen LogP) is 20.6. The number of ether oxygens (including phenoxy) is 3. The summed E-state index contributed by atoms with van der Waals surface area (Å²) < 4.78 is 16.7. The van der Waals surface area contributed by atoms with Crippen LogP contribution in [0.4, 0.5) is 0 Å². The Morgan fingerprint density at radius 3 is 0.871 bits per heavy atom. The summed E-state index contributed by atoms with van der Waals surface area (Å²) in [6, 6.07) is 0. The molecule has 0 aliphatic heterocycles. The molecule has 0 aliphatic carbocycles. The molecule has 0 aromatic heterocycles. The zero-order valence-electron chi connectivity index (χ0n) is 46.8. The molecular formula is C64H116O6. The Morgan fingerprint density at radius 1 is 0.300 bits per heavy atom. The largest absolute Gasteiger partial charge is 0.462 e. The first-order valence-electron chi connectivity index (χ1n) is 30.6. The molecule has 0 aromatic carbocycles. The molecule has 408 valence electrons. The highest BCUT2D eigenvalue weighted by Crippen LogP contribution is 2.17. The van der Waals surface area contributed by atoms with E-state index >= 15 is 0 Å². The summed E-state index contributed by atoms with van der Waals surface area (Å²) in [6.45, 7) is 6.49. The van der Waals surface area contributed by atoms with E-state index in [0.717, 1.165) is 83.5 Å². The van der Waals surface area contributed by atoms with E-state index in [2.05, 4.69) is 69.4 Å². The fraction of sp³-hybridized carbons (Fsp3) is 0.828. The van der Waals surface area contributed by atoms with Crippen molar-refractivity contribution in [3.8, 4) is 0 Å². The van der Waals surface area contributed by atoms with E-state index in [1.54, 1.807) is 0 Å². The van der Waals surface area contributed by atoms with Crippen molar-refractivity contribution in [3.63, 3.8) is 0 Å². The normalized spacial score (nSPS) is 12.3. The zero-order chi connectivity index (χ0) is 50.7. The minimum atomic E-state index is -0.762. The minimum absolute atomic E-state index is 0.0665. The Morgan fingerprint density at radius 2 is 0.557 bits per heavy atom. The Hall–Kier alpha value is -2.63. The molecule has 6 heteroatoms. The lowest BCUT2D eigenvalue weighted by atomic mass is 10.0. The van der Waals surface area contributed by atoms with E-state index in [1.165, 1.54) is 199 Å². The molecule has 1 unspecified atom stereocenters. The summed E-state index contributed by atoms with van der Waals surface area (Å²) in [7, 11) is 0. The third kappa shape index (κ3) is 56.3. The summed E-state index contributed by atoms with van der Waals surface area (Å²) in [5.41, 5.74) is 0. The molecule has 0 rings (SSSR count). The number of unbranched alkanes of at least 4 members (excludes halogenated alkanes) is 37. The molecule has 0 saturated heterocycles. The van der Waals surface area contributed by atoms with Gasteiger partial charge in [-0.3, -0.25) is 14.4 Å². The topological polar surface area (TPSA) is 78.9 Å². The van der Waals surface area contributed by atoms with Crippen LogP contribution in [0.15, 0.2) is 48.6 Å². The average molecular weight is 982 g/mol. The Kier molecular flexibility index (Phi) is 56.7. The summed E-state index contributed by atoms with van der Waals surface area (Å²) in [4.78, 5) is 37.8. The third-order valence-corrected chi connectivity index (χ3v) is 13.6. The third-order valence-electron chi connectivity index (χ3n) is 13.6. The molecule has 0 amide bonds. The smallest absolute Gasteiger partial charge is 0.306 e. The summed E-state index contributed by atoms with van der Waals surface area (Å²) >= 11 is 0. The van der Waals surface area contributed by atoms with Crippen molar-refractivity contribution in [2.24, 2.45) is 0 Å². The highest BCUT2D eigenvalue weighted by molar-refractivity contribution is 5.71. The standard InChI is InChI=1S/C64H116O6/c1-4-7-10-13-16-18-20-21-22-23-24-25-26-27-28-29-30-31-32-33-34-35-36-37-38-39-40-41-42-43-45-46-48-51-54-57-63(66)69-60-61(59-68-62(65)56-53-50-15-12-9-6-3)70-64(67)58-55-52-49-47-44-19-17-14-11-8-5-2/h7,10,16,18,21-22,24-25,61H,4-6,8-9,11-15,17,19-20,23,26-60H2,1-3H3/b10-7-,18-16-,22-21-,25-24-. The molecule has 6 nitrogen and oxygen atoms in total. The maximum absolute atomic E-state index is 12.7. The van der Waals surface area contributed by atoms with E-state index in [4.69, 9.17) is 14.2 Å². The van der Waals surface area contributed by atoms with Gasteiger partial charge in [0.1, 0.15) is 13.2 Å². The minimum Gasteiger partial charge on any atom is -0.462 e. The van der Waals surface area contributed by atoms with Gasteiger partial charge in [-0.05, 0) is 57.8 Å². The Bertz CT molecular complexity index is 1220. The maximum atomic E-state index is 12.7. The quantitative estimate of drug-likeness (QED) is 0.0261. The molecule has 0 bridgehead atoms. The second-order valence-corrected chi connectivity index (χ2v) is 20.6. The number of carbonyl (C=O) groups excluding carboxylic acids is 3. The van der Waals surface area contributed by atoms with E-state index in [0.29, 0.717) is 19.3 Å². The second-order valence-electron chi connectivity index (χ2n) is 20.6. The van der Waals surface area contributed by atoms with Crippen LogP contribution in [0, 0.1) is 0 Å². The second kappa shape index (κ2) is 58.9. The van der Waals surface area contributed by atoms with Gasteiger partial charge in [0, 0.05) is 19.3 Å². The van der Waals surface area contributed by atoms with Gasteiger partial charge in [-0.2, -0.15) is 0 Å². The molecular weight excluding hydrogens is 865 g/mol. The SMILES string of the molecule is CC/C=C\C/C=C\C/C=C\C/C=C\CCCCCCCCCCCCCCCCCCCCCCCCC(=O)OCC(COC(=O)CCCCCCCC)OC(=O)CCCCCCCCCCCCC. The molecule has 0 N–H and O–H groups in total. The lowest BCUT2D eigenvalue weighted by Gasteiger charge is -2.18. The van der Waals surface area contributed by atoms with Crippen LogP contribution in [0.2, 0.25) is 0 Å². The fourth-order valence-corrected chi connectivity index (χ4v) is 9.02. The van der Waals surface area contributed by atoms with Gasteiger partial charge in [-0.1, -0.05) is 294 Å². The Labute approximate surface area is 435 Å². The average Bonchev–Trinajstić information content (AvgIpc) is 3.36. The van der Waals surface area contributed by atoms with E-state index in [1.807, 2.05) is 0 Å². The monoisotopic (exact) mass is 981 g/mol. The summed E-state index contributed by atoms with van der Waals surface area (Å²) in [5.74, 6) is -0.861. The van der Waals surface area contributed by atoms with Gasteiger partial charge in [-0.25, -0.2) is 0 Å². The van der Waals surface area contributed by atoms with Crippen LogP contribution >= 0.6 is 0 Å². The number of allylic oxidation sites excluding steroid dienone is 8. The first-order valence-corrected chi connectivity index (χ1v) is 30.6. The zero-order valence-corrected chi connectivity index (χ0v) is 46.8. The van der Waals surface area contributed by atoms with Crippen LogP contribution < -0.4 is 0 Å². The van der Waals surface area contributed by atoms with Gasteiger partial charge < -0.3 is 14.2 Å². The molecule has 0 heterocycles. The van der Waals surface area contributed by atoms with Crippen LogP contribution in [0.25, 0.3) is 0 Å². The molecule has 0 radical (unpaired) electrons. The molecule has 1 atom stereocenters.